The molecule has 0 radical (unpaired) electrons. The molecule has 0 saturated heterocycles. The van der Waals surface area contributed by atoms with Crippen molar-refractivity contribution >= 4 is 23.3 Å². The molecule has 0 N–H and O–H groups in total. The predicted molar refractivity (Wildman–Crippen MR) is 96.2 cm³/mol. The number of hydrogen-bond donors (Lipinski definition) is 0. The fourth-order valence-electron chi connectivity index (χ4n) is 2.58. The Hall–Kier alpha value is -3.62. The number of ether oxygens (including phenoxy) is 3. The van der Waals surface area contributed by atoms with E-state index in [1.807, 2.05) is 0 Å². The lowest BCUT2D eigenvalue weighted by Gasteiger charge is -2.25. The molecule has 2 rings (SSSR count). The van der Waals surface area contributed by atoms with Crippen LogP contribution in [0.1, 0.15) is 5.56 Å². The molecule has 0 spiro atoms. The number of anilines is 1. The number of nitro benzene ring substituents is 1. The molecular formula is C18H18N2O7. The van der Waals surface area contributed by atoms with Gasteiger partial charge in [-0.05, 0) is 24.6 Å². The van der Waals surface area contributed by atoms with Gasteiger partial charge in [0, 0.05) is 18.3 Å². The molecule has 9 heteroatoms. The second kappa shape index (κ2) is 8.17. The van der Waals surface area contributed by atoms with E-state index in [9.17, 15) is 19.7 Å². The van der Waals surface area contributed by atoms with E-state index in [-0.39, 0.29) is 22.7 Å². The van der Waals surface area contributed by atoms with Gasteiger partial charge in [0.15, 0.2) is 5.75 Å². The molecule has 1 aromatic rings. The molecule has 0 atom stereocenters. The highest BCUT2D eigenvalue weighted by Gasteiger charge is 2.29. The zero-order chi connectivity index (χ0) is 20.1. The van der Waals surface area contributed by atoms with E-state index in [0.717, 1.165) is 0 Å². The van der Waals surface area contributed by atoms with Crippen molar-refractivity contribution < 1.29 is 28.7 Å². The van der Waals surface area contributed by atoms with Crippen molar-refractivity contribution in [3.8, 4) is 5.75 Å². The third-order valence-corrected chi connectivity index (χ3v) is 3.84. The first-order valence-electron chi connectivity index (χ1n) is 7.73. The standard InChI is InChI=1S/C18H18N2O7/c1-11-9-14(20(23)24)15(25-2)10-13(11)19-8-6-5-7-12(17(21)26-3)16(19)18(22)27-4/h5-10H,1-4H3. The highest BCUT2D eigenvalue weighted by Crippen LogP contribution is 2.37. The van der Waals surface area contributed by atoms with Gasteiger partial charge in [-0.15, -0.1) is 0 Å². The summed E-state index contributed by atoms with van der Waals surface area (Å²) < 4.78 is 14.7. The molecule has 0 unspecified atom stereocenters. The van der Waals surface area contributed by atoms with Gasteiger partial charge in [0.05, 0.1) is 37.5 Å². The van der Waals surface area contributed by atoms with E-state index in [1.54, 1.807) is 19.1 Å². The summed E-state index contributed by atoms with van der Waals surface area (Å²) in [6.07, 6.45) is 6.12. The molecule has 27 heavy (non-hydrogen) atoms. The van der Waals surface area contributed by atoms with Crippen LogP contribution in [0, 0.1) is 17.0 Å². The van der Waals surface area contributed by atoms with Crippen LogP contribution >= 0.6 is 0 Å². The molecule has 0 saturated carbocycles. The summed E-state index contributed by atoms with van der Waals surface area (Å²) in [4.78, 5) is 36.7. The third kappa shape index (κ3) is 3.81. The summed E-state index contributed by atoms with van der Waals surface area (Å²) >= 11 is 0. The molecule has 1 aliphatic rings. The van der Waals surface area contributed by atoms with Crippen LogP contribution in [0.2, 0.25) is 0 Å². The van der Waals surface area contributed by atoms with Crippen LogP contribution < -0.4 is 9.64 Å². The van der Waals surface area contributed by atoms with Gasteiger partial charge in [0.25, 0.3) is 0 Å². The largest absolute Gasteiger partial charge is 0.490 e. The molecular weight excluding hydrogens is 356 g/mol. The van der Waals surface area contributed by atoms with Gasteiger partial charge in [-0.3, -0.25) is 10.1 Å². The molecule has 0 aromatic heterocycles. The van der Waals surface area contributed by atoms with Crippen LogP contribution in [-0.4, -0.2) is 38.2 Å². The molecule has 142 valence electrons. The number of benzene rings is 1. The number of carbonyl (C=O) groups is 2. The number of aryl methyl sites for hydroxylation is 1. The molecule has 0 aliphatic carbocycles. The molecule has 0 bridgehead atoms. The van der Waals surface area contributed by atoms with Gasteiger partial charge in [-0.25, -0.2) is 9.59 Å². The number of rotatable bonds is 5. The average Bonchev–Trinajstić information content (AvgIpc) is 2.89. The molecule has 9 nitrogen and oxygen atoms in total. The fourth-order valence-corrected chi connectivity index (χ4v) is 2.58. The van der Waals surface area contributed by atoms with E-state index in [0.29, 0.717) is 11.3 Å². The topological polar surface area (TPSA) is 108 Å². The number of nitrogens with zero attached hydrogens (tertiary/aromatic N) is 2. The quantitative estimate of drug-likeness (QED) is 0.439. The summed E-state index contributed by atoms with van der Waals surface area (Å²) in [7, 11) is 3.68. The molecule has 1 aliphatic heterocycles. The summed E-state index contributed by atoms with van der Waals surface area (Å²) in [6.45, 7) is 1.64. The van der Waals surface area contributed by atoms with Gasteiger partial charge < -0.3 is 19.1 Å². The molecule has 1 aromatic carbocycles. The maximum atomic E-state index is 12.4. The first kappa shape index (κ1) is 19.7. The number of nitro groups is 1. The van der Waals surface area contributed by atoms with Crippen LogP contribution in [0.3, 0.4) is 0 Å². The van der Waals surface area contributed by atoms with Crippen LogP contribution in [0.4, 0.5) is 11.4 Å². The molecule has 0 fully saturated rings. The minimum atomic E-state index is -0.775. The normalized spacial score (nSPS) is 13.3. The Labute approximate surface area is 155 Å². The first-order valence-corrected chi connectivity index (χ1v) is 7.73. The van der Waals surface area contributed by atoms with Crippen LogP contribution in [-0.2, 0) is 19.1 Å². The zero-order valence-corrected chi connectivity index (χ0v) is 15.2. The van der Waals surface area contributed by atoms with E-state index >= 15 is 0 Å². The number of hydrogen-bond acceptors (Lipinski definition) is 8. The maximum absolute atomic E-state index is 12.4. The van der Waals surface area contributed by atoms with Crippen LogP contribution in [0.5, 0.6) is 5.75 Å². The van der Waals surface area contributed by atoms with Gasteiger partial charge in [0.1, 0.15) is 5.70 Å². The monoisotopic (exact) mass is 374 g/mol. The summed E-state index contributed by atoms with van der Waals surface area (Å²) in [5.74, 6) is -1.50. The summed E-state index contributed by atoms with van der Waals surface area (Å²) in [6, 6.07) is 2.74. The number of allylic oxidation sites excluding steroid dienone is 2. The average molecular weight is 374 g/mol. The van der Waals surface area contributed by atoms with E-state index in [1.165, 1.54) is 50.6 Å². The second-order valence-electron chi connectivity index (χ2n) is 5.38. The van der Waals surface area contributed by atoms with E-state index in [2.05, 4.69) is 0 Å². The van der Waals surface area contributed by atoms with E-state index < -0.39 is 16.9 Å². The Morgan fingerprint density at radius 1 is 1.07 bits per heavy atom. The Morgan fingerprint density at radius 3 is 2.30 bits per heavy atom. The lowest BCUT2D eigenvalue weighted by atomic mass is 10.1. The summed E-state index contributed by atoms with van der Waals surface area (Å²) in [5.41, 5.74) is 0.561. The third-order valence-electron chi connectivity index (χ3n) is 3.84. The van der Waals surface area contributed by atoms with Gasteiger partial charge in [0.2, 0.25) is 0 Å². The Balaban J connectivity index is 2.76. The lowest BCUT2D eigenvalue weighted by molar-refractivity contribution is -0.385. The van der Waals surface area contributed by atoms with Gasteiger partial charge in [-0.1, -0.05) is 6.08 Å². The van der Waals surface area contributed by atoms with Crippen molar-refractivity contribution in [1.82, 2.24) is 0 Å². The van der Waals surface area contributed by atoms with Crippen molar-refractivity contribution in [2.45, 2.75) is 6.92 Å². The second-order valence-corrected chi connectivity index (χ2v) is 5.38. The highest BCUT2D eigenvalue weighted by molar-refractivity contribution is 6.05. The van der Waals surface area contributed by atoms with Crippen molar-refractivity contribution in [2.75, 3.05) is 26.2 Å². The number of carbonyl (C=O) groups excluding carboxylic acids is 2. The first-order chi connectivity index (χ1) is 12.8. The SMILES string of the molecule is COC(=O)C1=C(C(=O)OC)N(c2cc(OC)c([N+](=O)[O-])cc2C)C=CC=C1. The Morgan fingerprint density at radius 2 is 1.74 bits per heavy atom. The maximum Gasteiger partial charge on any atom is 0.355 e. The fraction of sp³-hybridized carbons (Fsp3) is 0.222. The number of esters is 2. The molecule has 0 amide bonds. The van der Waals surface area contributed by atoms with Crippen LogP contribution in [0.15, 0.2) is 47.8 Å². The van der Waals surface area contributed by atoms with Gasteiger partial charge in [-0.2, -0.15) is 0 Å². The van der Waals surface area contributed by atoms with Crippen molar-refractivity contribution in [2.24, 2.45) is 0 Å². The Bertz CT molecular complexity index is 884. The van der Waals surface area contributed by atoms with Crippen molar-refractivity contribution in [1.29, 1.82) is 0 Å². The Kier molecular flexibility index (Phi) is 5.96. The lowest BCUT2D eigenvalue weighted by Crippen LogP contribution is -2.27. The van der Waals surface area contributed by atoms with Crippen molar-refractivity contribution in [3.05, 3.63) is 63.5 Å². The minimum absolute atomic E-state index is 0.00930. The van der Waals surface area contributed by atoms with E-state index in [4.69, 9.17) is 14.2 Å². The summed E-state index contributed by atoms with van der Waals surface area (Å²) in [5, 5.41) is 11.2. The molecule has 1 heterocycles. The smallest absolute Gasteiger partial charge is 0.355 e. The predicted octanol–water partition coefficient (Wildman–Crippen LogP) is 2.40. The van der Waals surface area contributed by atoms with Gasteiger partial charge >= 0.3 is 17.6 Å². The van der Waals surface area contributed by atoms with Crippen LogP contribution in [0.25, 0.3) is 0 Å². The minimum Gasteiger partial charge on any atom is -0.490 e. The van der Waals surface area contributed by atoms with Crippen molar-refractivity contribution in [3.63, 3.8) is 0 Å². The zero-order valence-electron chi connectivity index (χ0n) is 15.2. The number of methoxy groups -OCH3 is 3. The highest BCUT2D eigenvalue weighted by atomic mass is 16.6.